The smallest absolute Gasteiger partial charge is 0.226 e. The van der Waals surface area contributed by atoms with Crippen LogP contribution in [0.1, 0.15) is 61.5 Å². The van der Waals surface area contributed by atoms with Gasteiger partial charge < -0.3 is 9.47 Å². The maximum Gasteiger partial charge on any atom is 0.226 e. The maximum atomic E-state index is 12.6. The Kier molecular flexibility index (Phi) is 6.86. The van der Waals surface area contributed by atoms with Crippen molar-refractivity contribution in [3.05, 3.63) is 83.2 Å². The van der Waals surface area contributed by atoms with Gasteiger partial charge in [-0.2, -0.15) is 5.26 Å². The van der Waals surface area contributed by atoms with Crippen molar-refractivity contribution in [2.75, 3.05) is 11.4 Å². The van der Waals surface area contributed by atoms with Crippen molar-refractivity contribution in [1.29, 1.82) is 5.26 Å². The highest BCUT2D eigenvalue weighted by Crippen LogP contribution is 2.31. The first-order valence-electron chi connectivity index (χ1n) is 13.0. The highest BCUT2D eigenvalue weighted by Gasteiger charge is 2.22. The van der Waals surface area contributed by atoms with Gasteiger partial charge in [0.05, 0.1) is 22.7 Å². The second-order valence-electron chi connectivity index (χ2n) is 9.70. The predicted octanol–water partition coefficient (Wildman–Crippen LogP) is 6.79. The van der Waals surface area contributed by atoms with Crippen molar-refractivity contribution in [2.24, 2.45) is 0 Å². The summed E-state index contributed by atoms with van der Waals surface area (Å²) in [5.41, 5.74) is 8.07. The molecule has 0 unspecified atom stereocenters. The molecule has 36 heavy (non-hydrogen) atoms. The molecule has 0 N–H and O–H groups in total. The Morgan fingerprint density at radius 1 is 1.06 bits per heavy atom. The molecule has 0 spiro atoms. The first kappa shape index (κ1) is 23.8. The summed E-state index contributed by atoms with van der Waals surface area (Å²) in [7, 11) is 0. The summed E-state index contributed by atoms with van der Waals surface area (Å²) in [5, 5.41) is 9.48. The fourth-order valence-corrected chi connectivity index (χ4v) is 5.16. The minimum atomic E-state index is 0.213. The van der Waals surface area contributed by atoms with E-state index in [0.29, 0.717) is 18.5 Å². The Hall–Kier alpha value is -3.91. The Bertz CT molecular complexity index is 1440. The fourth-order valence-electron chi connectivity index (χ4n) is 5.16. The lowest BCUT2D eigenvalue weighted by Gasteiger charge is -2.27. The van der Waals surface area contributed by atoms with Crippen molar-refractivity contribution in [1.82, 2.24) is 9.55 Å². The summed E-state index contributed by atoms with van der Waals surface area (Å²) in [6.45, 7) is 5.80. The van der Waals surface area contributed by atoms with Crippen LogP contribution in [0.2, 0.25) is 0 Å². The van der Waals surface area contributed by atoms with E-state index < -0.39 is 0 Å². The molecule has 4 aromatic rings. The molecule has 1 aliphatic heterocycles. The lowest BCUT2D eigenvalue weighted by molar-refractivity contribution is -0.119. The van der Waals surface area contributed by atoms with Gasteiger partial charge in [0.25, 0.3) is 0 Å². The number of benzene rings is 3. The van der Waals surface area contributed by atoms with Gasteiger partial charge in [0.2, 0.25) is 5.91 Å². The number of hydrogen-bond donors (Lipinski definition) is 0. The average molecular weight is 477 g/mol. The summed E-state index contributed by atoms with van der Waals surface area (Å²) in [6.07, 6.45) is 5.78. The molecule has 1 aromatic heterocycles. The lowest BCUT2D eigenvalue weighted by Crippen LogP contribution is -2.35. The van der Waals surface area contributed by atoms with Crippen LogP contribution in [0.3, 0.4) is 0 Å². The number of anilines is 1. The number of aryl methyl sites for hydroxylation is 2. The molecule has 5 rings (SSSR count). The van der Waals surface area contributed by atoms with Gasteiger partial charge in [-0.3, -0.25) is 4.79 Å². The third kappa shape index (κ3) is 4.64. The zero-order chi connectivity index (χ0) is 25.1. The Morgan fingerprint density at radius 3 is 2.61 bits per heavy atom. The number of aromatic nitrogens is 2. The molecule has 0 saturated carbocycles. The highest BCUT2D eigenvalue weighted by molar-refractivity contribution is 5.96. The minimum absolute atomic E-state index is 0.213. The van der Waals surface area contributed by atoms with E-state index in [9.17, 15) is 10.1 Å². The summed E-state index contributed by atoms with van der Waals surface area (Å²) >= 11 is 0. The van der Waals surface area contributed by atoms with Gasteiger partial charge in [0.1, 0.15) is 5.82 Å². The maximum absolute atomic E-state index is 12.6. The topological polar surface area (TPSA) is 61.9 Å². The zero-order valence-corrected chi connectivity index (χ0v) is 21.1. The number of nitrogens with zero attached hydrogens (tertiary/aromatic N) is 4. The Balaban J connectivity index is 1.53. The number of rotatable bonds is 7. The molecule has 1 aliphatic rings. The zero-order valence-electron chi connectivity index (χ0n) is 21.1. The number of carbonyl (C=O) groups excluding carboxylic acids is 1. The molecule has 182 valence electrons. The number of carbonyl (C=O) groups is 1. The van der Waals surface area contributed by atoms with Crippen LogP contribution in [0.5, 0.6) is 0 Å². The molecule has 0 atom stereocenters. The number of imidazole rings is 1. The number of piperidine rings is 1. The van der Waals surface area contributed by atoms with Crippen LogP contribution in [-0.2, 0) is 17.8 Å². The SMILES string of the molecule is CCCCc1nc2c(C)cc(N3CCCCC3=O)cc2n1Cc1ccc(-c2ccccc2C#N)cc1. The van der Waals surface area contributed by atoms with E-state index in [2.05, 4.69) is 60.9 Å². The Labute approximate surface area is 213 Å². The molecule has 0 aliphatic carbocycles. The third-order valence-corrected chi connectivity index (χ3v) is 7.15. The van der Waals surface area contributed by atoms with Crippen molar-refractivity contribution < 1.29 is 4.79 Å². The van der Waals surface area contributed by atoms with E-state index in [-0.39, 0.29) is 5.91 Å². The van der Waals surface area contributed by atoms with Crippen LogP contribution in [0.4, 0.5) is 5.69 Å². The molecule has 5 nitrogen and oxygen atoms in total. The van der Waals surface area contributed by atoms with Gasteiger partial charge in [0.15, 0.2) is 0 Å². The van der Waals surface area contributed by atoms with E-state index in [1.807, 2.05) is 29.2 Å². The third-order valence-electron chi connectivity index (χ3n) is 7.15. The molecule has 5 heteroatoms. The van der Waals surface area contributed by atoms with Gasteiger partial charge >= 0.3 is 0 Å². The molecule has 2 heterocycles. The minimum Gasteiger partial charge on any atom is -0.323 e. The van der Waals surface area contributed by atoms with Crippen molar-refractivity contribution in [3.63, 3.8) is 0 Å². The molecule has 1 fully saturated rings. The summed E-state index contributed by atoms with van der Waals surface area (Å²) < 4.78 is 2.33. The van der Waals surface area contributed by atoms with Crippen LogP contribution in [-0.4, -0.2) is 22.0 Å². The second kappa shape index (κ2) is 10.4. The molecule has 0 bridgehead atoms. The van der Waals surface area contributed by atoms with Gasteiger partial charge in [0, 0.05) is 31.6 Å². The lowest BCUT2D eigenvalue weighted by atomic mass is 9.99. The van der Waals surface area contributed by atoms with E-state index in [0.717, 1.165) is 77.9 Å². The molecular formula is C31H32N4O. The van der Waals surface area contributed by atoms with E-state index in [4.69, 9.17) is 4.98 Å². The van der Waals surface area contributed by atoms with E-state index in [1.54, 1.807) is 0 Å². The first-order chi connectivity index (χ1) is 17.6. The molecule has 1 saturated heterocycles. The van der Waals surface area contributed by atoms with Gasteiger partial charge in [-0.05, 0) is 66.6 Å². The van der Waals surface area contributed by atoms with E-state index in [1.165, 1.54) is 5.56 Å². The normalized spacial score (nSPS) is 13.8. The van der Waals surface area contributed by atoms with E-state index >= 15 is 0 Å². The first-order valence-corrected chi connectivity index (χ1v) is 13.0. The van der Waals surface area contributed by atoms with Crippen LogP contribution in [0.15, 0.2) is 60.7 Å². The average Bonchev–Trinajstić information content (AvgIpc) is 3.25. The second-order valence-corrected chi connectivity index (χ2v) is 9.70. The number of unbranched alkanes of at least 4 members (excludes halogenated alkanes) is 1. The van der Waals surface area contributed by atoms with Crippen LogP contribution in [0.25, 0.3) is 22.2 Å². The molecule has 3 aromatic carbocycles. The highest BCUT2D eigenvalue weighted by atomic mass is 16.2. The van der Waals surface area contributed by atoms with Crippen molar-refractivity contribution >= 4 is 22.6 Å². The number of amides is 1. The van der Waals surface area contributed by atoms with Gasteiger partial charge in [-0.1, -0.05) is 55.8 Å². The summed E-state index contributed by atoms with van der Waals surface area (Å²) in [4.78, 5) is 19.6. The fraction of sp³-hybridized carbons (Fsp3) is 0.323. The molecule has 0 radical (unpaired) electrons. The van der Waals surface area contributed by atoms with Crippen molar-refractivity contribution in [3.8, 4) is 17.2 Å². The quantitative estimate of drug-likeness (QED) is 0.295. The Morgan fingerprint density at radius 2 is 1.86 bits per heavy atom. The van der Waals surface area contributed by atoms with Crippen molar-refractivity contribution in [2.45, 2.75) is 58.9 Å². The van der Waals surface area contributed by atoms with Crippen LogP contribution < -0.4 is 4.90 Å². The number of nitriles is 1. The predicted molar refractivity (Wildman–Crippen MR) is 145 cm³/mol. The largest absolute Gasteiger partial charge is 0.323 e. The summed E-state index contributed by atoms with van der Waals surface area (Å²) in [5.74, 6) is 1.31. The monoisotopic (exact) mass is 476 g/mol. The number of fused-ring (bicyclic) bond motifs is 1. The van der Waals surface area contributed by atoms with Crippen LogP contribution in [0, 0.1) is 18.3 Å². The van der Waals surface area contributed by atoms with Gasteiger partial charge in [-0.15, -0.1) is 0 Å². The standard InChI is InChI=1S/C31H32N4O/c1-3-4-11-29-33-31-22(2)18-26(34-17-8-7-12-30(34)36)19-28(31)35(29)21-23-13-15-24(16-14-23)27-10-6-5-9-25(27)20-32/h5-6,9-10,13-16,18-19H,3-4,7-8,11-12,17,21H2,1-2H3. The number of hydrogen-bond acceptors (Lipinski definition) is 3. The van der Waals surface area contributed by atoms with Gasteiger partial charge in [-0.25, -0.2) is 4.98 Å². The van der Waals surface area contributed by atoms with Crippen LogP contribution >= 0.6 is 0 Å². The summed E-state index contributed by atoms with van der Waals surface area (Å²) in [6, 6.07) is 22.8. The molecule has 1 amide bonds. The molecular weight excluding hydrogens is 444 g/mol.